The minimum Gasteiger partial charge on any atom is -0.394 e. The van der Waals surface area contributed by atoms with Crippen LogP contribution in [-0.4, -0.2) is 32.4 Å². The third-order valence-corrected chi connectivity index (χ3v) is 4.00. The number of hydrogen-bond acceptors (Lipinski definition) is 4. The first-order chi connectivity index (χ1) is 8.70. The SMILES string of the molecule is OCC1CCC(n2cc(Br)c3c(Cl)ncnc32)O1. The van der Waals surface area contributed by atoms with E-state index >= 15 is 0 Å². The van der Waals surface area contributed by atoms with Gasteiger partial charge in [0.1, 0.15) is 23.4 Å². The van der Waals surface area contributed by atoms with Crippen molar-refractivity contribution in [1.29, 1.82) is 0 Å². The number of fused-ring (bicyclic) bond motifs is 1. The highest BCUT2D eigenvalue weighted by Gasteiger charge is 2.28. The highest BCUT2D eigenvalue weighted by atomic mass is 79.9. The van der Waals surface area contributed by atoms with E-state index in [1.54, 1.807) is 0 Å². The topological polar surface area (TPSA) is 60.2 Å². The molecule has 3 rings (SSSR count). The van der Waals surface area contributed by atoms with Crippen molar-refractivity contribution in [3.8, 4) is 0 Å². The van der Waals surface area contributed by atoms with Crippen LogP contribution in [0.3, 0.4) is 0 Å². The van der Waals surface area contributed by atoms with Crippen LogP contribution in [0.4, 0.5) is 0 Å². The van der Waals surface area contributed by atoms with Crippen LogP contribution in [0.25, 0.3) is 11.0 Å². The van der Waals surface area contributed by atoms with Gasteiger partial charge in [-0.25, -0.2) is 9.97 Å². The molecule has 0 aliphatic carbocycles. The lowest BCUT2D eigenvalue weighted by Gasteiger charge is -2.14. The van der Waals surface area contributed by atoms with Crippen molar-refractivity contribution < 1.29 is 9.84 Å². The maximum Gasteiger partial charge on any atom is 0.148 e. The lowest BCUT2D eigenvalue weighted by molar-refractivity contribution is -0.0205. The van der Waals surface area contributed by atoms with Crippen LogP contribution in [0.2, 0.25) is 5.15 Å². The molecule has 18 heavy (non-hydrogen) atoms. The Balaban J connectivity index is 2.06. The lowest BCUT2D eigenvalue weighted by atomic mass is 10.2. The summed E-state index contributed by atoms with van der Waals surface area (Å²) < 4.78 is 8.53. The quantitative estimate of drug-likeness (QED) is 0.859. The maximum atomic E-state index is 9.10. The summed E-state index contributed by atoms with van der Waals surface area (Å²) in [6.07, 6.45) is 4.83. The first-order valence-corrected chi connectivity index (χ1v) is 6.80. The van der Waals surface area contributed by atoms with Gasteiger partial charge in [-0.3, -0.25) is 0 Å². The minimum atomic E-state index is -0.109. The van der Waals surface area contributed by atoms with Gasteiger partial charge in [-0.2, -0.15) is 0 Å². The number of aliphatic hydroxyl groups is 1. The Morgan fingerprint density at radius 1 is 1.50 bits per heavy atom. The zero-order valence-electron chi connectivity index (χ0n) is 9.38. The second-order valence-electron chi connectivity index (χ2n) is 4.22. The van der Waals surface area contributed by atoms with Crippen molar-refractivity contribution >= 4 is 38.6 Å². The number of aliphatic hydroxyl groups excluding tert-OH is 1. The van der Waals surface area contributed by atoms with Gasteiger partial charge in [0.05, 0.1) is 18.1 Å². The van der Waals surface area contributed by atoms with Gasteiger partial charge >= 0.3 is 0 Å². The van der Waals surface area contributed by atoms with Crippen LogP contribution in [-0.2, 0) is 4.74 Å². The number of nitrogens with zero attached hydrogens (tertiary/aromatic N) is 3. The first kappa shape index (κ1) is 12.3. The summed E-state index contributed by atoms with van der Waals surface area (Å²) >= 11 is 9.52. The van der Waals surface area contributed by atoms with Gasteiger partial charge in [0.2, 0.25) is 0 Å². The number of rotatable bonds is 2. The standard InChI is InChI=1S/C11H11BrClN3O2/c12-7-3-16(8-2-1-6(4-17)18-8)11-9(7)10(13)14-5-15-11/h3,5-6,8,17H,1-2,4H2. The van der Waals surface area contributed by atoms with E-state index in [2.05, 4.69) is 25.9 Å². The summed E-state index contributed by atoms with van der Waals surface area (Å²) in [5.74, 6) is 0. The number of ether oxygens (including phenoxy) is 1. The first-order valence-electron chi connectivity index (χ1n) is 5.63. The second-order valence-corrected chi connectivity index (χ2v) is 5.43. The molecule has 1 aliphatic heterocycles. The van der Waals surface area contributed by atoms with Gasteiger partial charge in [0.25, 0.3) is 0 Å². The van der Waals surface area contributed by atoms with Crippen molar-refractivity contribution in [3.05, 3.63) is 22.1 Å². The molecule has 1 fully saturated rings. The monoisotopic (exact) mass is 331 g/mol. The van der Waals surface area contributed by atoms with E-state index in [9.17, 15) is 0 Å². The Bertz CT molecular complexity index is 589. The van der Waals surface area contributed by atoms with Crippen molar-refractivity contribution in [2.75, 3.05) is 6.61 Å². The fraction of sp³-hybridized carbons (Fsp3) is 0.455. The molecule has 0 aromatic carbocycles. The molecular weight excluding hydrogens is 321 g/mol. The van der Waals surface area contributed by atoms with Crippen LogP contribution in [0.15, 0.2) is 17.0 Å². The molecule has 2 aromatic heterocycles. The van der Waals surface area contributed by atoms with Crippen molar-refractivity contribution in [2.24, 2.45) is 0 Å². The maximum absolute atomic E-state index is 9.10. The molecule has 0 saturated carbocycles. The predicted molar refractivity (Wildman–Crippen MR) is 70.5 cm³/mol. The molecule has 3 heterocycles. The molecule has 2 unspecified atom stereocenters. The zero-order chi connectivity index (χ0) is 12.7. The van der Waals surface area contributed by atoms with Gasteiger partial charge in [0.15, 0.2) is 0 Å². The number of halogens is 2. The average Bonchev–Trinajstić information content (AvgIpc) is 2.94. The molecule has 0 spiro atoms. The van der Waals surface area contributed by atoms with Crippen LogP contribution < -0.4 is 0 Å². The molecular formula is C11H11BrClN3O2. The Morgan fingerprint density at radius 2 is 2.33 bits per heavy atom. The van der Waals surface area contributed by atoms with E-state index in [0.717, 1.165) is 28.3 Å². The molecule has 96 valence electrons. The Kier molecular flexibility index (Phi) is 3.27. The summed E-state index contributed by atoms with van der Waals surface area (Å²) in [6.45, 7) is 0.0482. The third kappa shape index (κ3) is 1.93. The lowest BCUT2D eigenvalue weighted by Crippen LogP contribution is -2.14. The van der Waals surface area contributed by atoms with E-state index in [-0.39, 0.29) is 18.9 Å². The fourth-order valence-corrected chi connectivity index (χ4v) is 3.18. The normalized spacial score (nSPS) is 23.9. The van der Waals surface area contributed by atoms with E-state index in [4.69, 9.17) is 21.4 Å². The Morgan fingerprint density at radius 3 is 3.06 bits per heavy atom. The zero-order valence-corrected chi connectivity index (χ0v) is 11.7. The molecule has 2 atom stereocenters. The smallest absolute Gasteiger partial charge is 0.148 e. The van der Waals surface area contributed by atoms with Gasteiger partial charge in [-0.05, 0) is 28.8 Å². The predicted octanol–water partition coefficient (Wildman–Crippen LogP) is 2.52. The molecule has 1 N–H and O–H groups in total. The molecule has 0 radical (unpaired) electrons. The van der Waals surface area contributed by atoms with Gasteiger partial charge in [-0.15, -0.1) is 0 Å². The van der Waals surface area contributed by atoms with E-state index in [1.807, 2.05) is 10.8 Å². The molecule has 5 nitrogen and oxygen atoms in total. The molecule has 0 bridgehead atoms. The third-order valence-electron chi connectivity index (χ3n) is 3.12. The summed E-state index contributed by atoms with van der Waals surface area (Å²) in [5.41, 5.74) is 0.741. The Hall–Kier alpha value is -0.690. The summed E-state index contributed by atoms with van der Waals surface area (Å²) in [4.78, 5) is 8.22. The minimum absolute atomic E-state index is 0.0482. The fourth-order valence-electron chi connectivity index (χ4n) is 2.25. The van der Waals surface area contributed by atoms with Crippen LogP contribution in [0.1, 0.15) is 19.1 Å². The highest BCUT2D eigenvalue weighted by Crippen LogP contribution is 2.36. The molecule has 1 aliphatic rings. The average molecular weight is 333 g/mol. The van der Waals surface area contributed by atoms with Crippen molar-refractivity contribution in [1.82, 2.24) is 14.5 Å². The second kappa shape index (κ2) is 4.77. The summed E-state index contributed by atoms with van der Waals surface area (Å²) in [6, 6.07) is 0. The van der Waals surface area contributed by atoms with Crippen LogP contribution in [0, 0.1) is 0 Å². The molecule has 0 amide bonds. The van der Waals surface area contributed by atoms with E-state index in [1.165, 1.54) is 6.33 Å². The van der Waals surface area contributed by atoms with E-state index < -0.39 is 0 Å². The van der Waals surface area contributed by atoms with Crippen LogP contribution >= 0.6 is 27.5 Å². The van der Waals surface area contributed by atoms with Crippen molar-refractivity contribution in [3.63, 3.8) is 0 Å². The van der Waals surface area contributed by atoms with E-state index in [0.29, 0.717) is 5.15 Å². The largest absolute Gasteiger partial charge is 0.394 e. The molecule has 1 saturated heterocycles. The highest BCUT2D eigenvalue weighted by molar-refractivity contribution is 9.10. The van der Waals surface area contributed by atoms with Gasteiger partial charge in [0, 0.05) is 10.7 Å². The summed E-state index contributed by atoms with van der Waals surface area (Å²) in [5, 5.41) is 10.3. The number of aromatic nitrogens is 3. The number of hydrogen-bond donors (Lipinski definition) is 1. The van der Waals surface area contributed by atoms with Crippen molar-refractivity contribution in [2.45, 2.75) is 25.2 Å². The molecule has 2 aromatic rings. The van der Waals surface area contributed by atoms with Gasteiger partial charge in [-0.1, -0.05) is 11.6 Å². The molecule has 7 heteroatoms. The summed E-state index contributed by atoms with van der Waals surface area (Å²) in [7, 11) is 0. The Labute approximate surface area is 117 Å². The van der Waals surface area contributed by atoms with Gasteiger partial charge < -0.3 is 14.4 Å². The van der Waals surface area contributed by atoms with Crippen LogP contribution in [0.5, 0.6) is 0 Å².